The maximum absolute atomic E-state index is 11.1. The van der Waals surface area contributed by atoms with Crippen molar-refractivity contribution < 1.29 is 19.7 Å². The minimum Gasteiger partial charge on any atom is -0.504 e. The minimum absolute atomic E-state index is 0.0737. The van der Waals surface area contributed by atoms with E-state index < -0.39 is 15.5 Å². The molecule has 1 N–H and O–H groups in total. The minimum atomic E-state index is -0.715. The summed E-state index contributed by atoms with van der Waals surface area (Å²) in [5.41, 5.74) is -0.196. The van der Waals surface area contributed by atoms with Gasteiger partial charge >= 0.3 is 5.69 Å². The molecule has 0 unspecified atom stereocenters. The molecule has 0 atom stereocenters. The quantitative estimate of drug-likeness (QED) is 0.483. The van der Waals surface area contributed by atoms with E-state index in [2.05, 4.69) is 5.10 Å². The highest BCUT2D eigenvalue weighted by Crippen LogP contribution is 2.31. The first-order valence-electron chi connectivity index (χ1n) is 6.91. The molecule has 0 saturated carbocycles. The van der Waals surface area contributed by atoms with Crippen LogP contribution in [0.3, 0.4) is 0 Å². The second-order valence-electron chi connectivity index (χ2n) is 4.89. The fourth-order valence-corrected chi connectivity index (χ4v) is 2.05. The highest BCUT2D eigenvalue weighted by atomic mass is 16.6. The summed E-state index contributed by atoms with van der Waals surface area (Å²) >= 11 is 0. The number of hydrogen-bond donors (Lipinski definition) is 1. The molecule has 25 heavy (non-hydrogen) atoms. The van der Waals surface area contributed by atoms with Gasteiger partial charge in [0.1, 0.15) is 5.69 Å². The largest absolute Gasteiger partial charge is 0.504 e. The summed E-state index contributed by atoms with van der Waals surface area (Å²) in [6, 6.07) is 7.89. The smallest absolute Gasteiger partial charge is 0.301 e. The maximum atomic E-state index is 11.1. The molecular weight excluding hydrogens is 332 g/mol. The molecule has 10 nitrogen and oxygen atoms in total. The summed E-state index contributed by atoms with van der Waals surface area (Å²) < 4.78 is 4.93. The van der Waals surface area contributed by atoms with Gasteiger partial charge in [0.25, 0.3) is 5.69 Å². The third-order valence-electron chi connectivity index (χ3n) is 3.30. The molecule has 0 aromatic heterocycles. The molecule has 0 bridgehead atoms. The summed E-state index contributed by atoms with van der Waals surface area (Å²) in [4.78, 5) is 20.5. The van der Waals surface area contributed by atoms with Gasteiger partial charge in [0.05, 0.1) is 29.2 Å². The number of ether oxygens (including phenoxy) is 1. The first kappa shape index (κ1) is 17.7. The number of non-ortho nitro benzene ring substituents is 1. The van der Waals surface area contributed by atoms with Crippen LogP contribution < -0.4 is 9.75 Å². The number of nitro groups is 2. The number of methoxy groups -OCH3 is 1. The van der Waals surface area contributed by atoms with Crippen LogP contribution in [0.4, 0.5) is 17.1 Å². The molecule has 0 spiro atoms. The van der Waals surface area contributed by atoms with Crippen LogP contribution in [0, 0.1) is 20.2 Å². The Balaban J connectivity index is 2.31. The molecule has 0 heterocycles. The van der Waals surface area contributed by atoms with E-state index in [-0.39, 0.29) is 17.1 Å². The number of hydrogen-bond acceptors (Lipinski definition) is 8. The number of benzene rings is 2. The van der Waals surface area contributed by atoms with Crippen LogP contribution in [-0.2, 0) is 0 Å². The van der Waals surface area contributed by atoms with Crippen LogP contribution in [0.2, 0.25) is 0 Å². The van der Waals surface area contributed by atoms with Crippen LogP contribution in [-0.4, -0.2) is 35.3 Å². The van der Waals surface area contributed by atoms with Crippen LogP contribution in [0.1, 0.15) is 5.56 Å². The van der Waals surface area contributed by atoms with Crippen molar-refractivity contribution in [1.82, 2.24) is 0 Å². The number of aromatic hydroxyl groups is 1. The Labute approximate surface area is 141 Å². The Kier molecular flexibility index (Phi) is 5.12. The fourth-order valence-electron chi connectivity index (χ4n) is 2.05. The van der Waals surface area contributed by atoms with Gasteiger partial charge < -0.3 is 9.84 Å². The molecule has 2 aromatic carbocycles. The average molecular weight is 346 g/mol. The molecule has 0 aliphatic rings. The highest BCUT2D eigenvalue weighted by Gasteiger charge is 2.21. The van der Waals surface area contributed by atoms with Gasteiger partial charge in [0, 0.05) is 13.1 Å². The molecule has 130 valence electrons. The monoisotopic (exact) mass is 346 g/mol. The normalized spacial score (nSPS) is 10.6. The Bertz CT molecular complexity index is 852. The highest BCUT2D eigenvalue weighted by molar-refractivity contribution is 5.82. The lowest BCUT2D eigenvalue weighted by Gasteiger charge is -2.12. The van der Waals surface area contributed by atoms with Gasteiger partial charge in [-0.05, 0) is 29.8 Å². The molecule has 0 amide bonds. The Morgan fingerprint density at radius 3 is 2.44 bits per heavy atom. The average Bonchev–Trinajstić information content (AvgIpc) is 2.59. The van der Waals surface area contributed by atoms with E-state index in [9.17, 15) is 25.3 Å². The first-order valence-corrected chi connectivity index (χ1v) is 6.91. The lowest BCUT2D eigenvalue weighted by atomic mass is 10.2. The van der Waals surface area contributed by atoms with E-state index in [1.807, 2.05) is 0 Å². The molecule has 2 rings (SSSR count). The lowest BCUT2D eigenvalue weighted by Crippen LogP contribution is -2.11. The SMILES string of the molecule is COc1ccc(/C=N/N(C)c2ccc([N+](=O)[O-])cc2[N+](=O)[O-])cc1O. The summed E-state index contributed by atoms with van der Waals surface area (Å²) in [6.45, 7) is 0. The topological polar surface area (TPSA) is 131 Å². The second kappa shape index (κ2) is 7.25. The van der Waals surface area contributed by atoms with E-state index in [1.165, 1.54) is 37.5 Å². The van der Waals surface area contributed by atoms with E-state index in [4.69, 9.17) is 4.74 Å². The first-order chi connectivity index (χ1) is 11.8. The molecule has 0 radical (unpaired) electrons. The maximum Gasteiger partial charge on any atom is 0.301 e. The molecule has 0 aliphatic heterocycles. The molecule has 0 fully saturated rings. The molecule has 2 aromatic rings. The predicted molar refractivity (Wildman–Crippen MR) is 90.4 cm³/mol. The van der Waals surface area contributed by atoms with Gasteiger partial charge in [-0.15, -0.1) is 0 Å². The Morgan fingerprint density at radius 1 is 1.16 bits per heavy atom. The third-order valence-corrected chi connectivity index (χ3v) is 3.30. The molecule has 0 aliphatic carbocycles. The fraction of sp³-hybridized carbons (Fsp3) is 0.133. The number of hydrazone groups is 1. The van der Waals surface area contributed by atoms with Gasteiger partial charge in [-0.25, -0.2) is 0 Å². The van der Waals surface area contributed by atoms with E-state index in [1.54, 1.807) is 12.1 Å². The summed E-state index contributed by atoms with van der Waals surface area (Å²) in [6.07, 6.45) is 1.38. The zero-order valence-electron chi connectivity index (χ0n) is 13.3. The van der Waals surface area contributed by atoms with Crippen molar-refractivity contribution in [3.05, 3.63) is 62.2 Å². The van der Waals surface area contributed by atoms with Crippen molar-refractivity contribution in [2.45, 2.75) is 0 Å². The number of rotatable bonds is 6. The summed E-state index contributed by atoms with van der Waals surface area (Å²) in [5.74, 6) is 0.229. The van der Waals surface area contributed by atoms with Crippen molar-refractivity contribution >= 4 is 23.3 Å². The number of nitro benzene ring substituents is 2. The van der Waals surface area contributed by atoms with Crippen molar-refractivity contribution in [3.63, 3.8) is 0 Å². The van der Waals surface area contributed by atoms with Gasteiger partial charge in [-0.1, -0.05) is 0 Å². The number of phenolic OH excluding ortho intramolecular Hbond substituents is 1. The van der Waals surface area contributed by atoms with E-state index in [0.717, 1.165) is 12.1 Å². The van der Waals surface area contributed by atoms with Crippen molar-refractivity contribution in [1.29, 1.82) is 0 Å². The number of nitrogens with zero attached hydrogens (tertiary/aromatic N) is 4. The molecule has 0 saturated heterocycles. The molecule has 10 heteroatoms. The summed E-state index contributed by atoms with van der Waals surface area (Å²) in [7, 11) is 2.89. The van der Waals surface area contributed by atoms with Crippen molar-refractivity contribution in [2.75, 3.05) is 19.2 Å². The van der Waals surface area contributed by atoms with Gasteiger partial charge in [-0.3, -0.25) is 25.2 Å². The van der Waals surface area contributed by atoms with Crippen molar-refractivity contribution in [3.8, 4) is 11.5 Å². The molecular formula is C15H14N4O6. The predicted octanol–water partition coefficient (Wildman–Crippen LogP) is 2.69. The second-order valence-corrected chi connectivity index (χ2v) is 4.89. The van der Waals surface area contributed by atoms with E-state index in [0.29, 0.717) is 11.3 Å². The Hall–Kier alpha value is -3.69. The third kappa shape index (κ3) is 3.99. The van der Waals surface area contributed by atoms with Gasteiger partial charge in [0.2, 0.25) is 0 Å². The zero-order chi connectivity index (χ0) is 18.6. The van der Waals surface area contributed by atoms with Crippen molar-refractivity contribution in [2.24, 2.45) is 5.10 Å². The van der Waals surface area contributed by atoms with Gasteiger partial charge in [-0.2, -0.15) is 5.10 Å². The zero-order valence-corrected chi connectivity index (χ0v) is 13.3. The van der Waals surface area contributed by atoms with Crippen LogP contribution >= 0.6 is 0 Å². The number of phenols is 1. The number of anilines is 1. The van der Waals surface area contributed by atoms with Crippen LogP contribution in [0.15, 0.2) is 41.5 Å². The lowest BCUT2D eigenvalue weighted by molar-refractivity contribution is -0.393. The van der Waals surface area contributed by atoms with Crippen LogP contribution in [0.25, 0.3) is 0 Å². The Morgan fingerprint density at radius 2 is 1.88 bits per heavy atom. The van der Waals surface area contributed by atoms with Gasteiger partial charge in [0.15, 0.2) is 11.5 Å². The summed E-state index contributed by atoms with van der Waals surface area (Å²) in [5, 5.41) is 36.9. The van der Waals surface area contributed by atoms with E-state index >= 15 is 0 Å². The van der Waals surface area contributed by atoms with Crippen LogP contribution in [0.5, 0.6) is 11.5 Å². The standard InChI is InChI=1S/C15H14N4O6/c1-17(16-9-10-3-6-15(25-2)14(20)7-10)12-5-4-11(18(21)22)8-13(12)19(23)24/h3-9,20H,1-2H3/b16-9+.